The molecule has 1 aliphatic heterocycles. The van der Waals surface area contributed by atoms with Gasteiger partial charge in [0, 0.05) is 49.5 Å². The first-order valence-electron chi connectivity index (χ1n) is 10.1. The van der Waals surface area contributed by atoms with Crippen molar-refractivity contribution in [1.29, 1.82) is 0 Å². The average molecular weight is 375 g/mol. The molecular formula is C24H30N4. The Morgan fingerprint density at radius 2 is 1.79 bits per heavy atom. The standard InChI is InChI=1S/C24H30N4/c1-18-8-10-23(11-9-18)28-17-22(16-27-13-12-26(4)20(3)15-27)24(25-28)21-7-5-6-19(2)14-21/h5-11,14,17,20H,12-13,15-16H2,1-4H3. The van der Waals surface area contributed by atoms with E-state index in [1.165, 1.54) is 22.3 Å². The van der Waals surface area contributed by atoms with E-state index in [1.807, 2.05) is 4.68 Å². The number of likely N-dealkylation sites (N-methyl/N-ethyl adjacent to an activating group) is 1. The van der Waals surface area contributed by atoms with Crippen LogP contribution in [0.4, 0.5) is 0 Å². The molecule has 1 fully saturated rings. The third-order valence-electron chi connectivity index (χ3n) is 5.82. The lowest BCUT2D eigenvalue weighted by atomic mass is 10.0. The Labute approximate surface area is 168 Å². The zero-order valence-corrected chi connectivity index (χ0v) is 17.4. The van der Waals surface area contributed by atoms with Crippen molar-refractivity contribution in [1.82, 2.24) is 19.6 Å². The first kappa shape index (κ1) is 18.9. The van der Waals surface area contributed by atoms with Gasteiger partial charge in [0.15, 0.2) is 0 Å². The number of nitrogens with zero attached hydrogens (tertiary/aromatic N) is 4. The number of aromatic nitrogens is 2. The molecule has 0 aliphatic carbocycles. The van der Waals surface area contributed by atoms with E-state index in [1.54, 1.807) is 0 Å². The van der Waals surface area contributed by atoms with Crippen molar-refractivity contribution in [2.45, 2.75) is 33.4 Å². The van der Waals surface area contributed by atoms with Crippen molar-refractivity contribution in [3.8, 4) is 16.9 Å². The Balaban J connectivity index is 1.69. The largest absolute Gasteiger partial charge is 0.301 e. The molecule has 1 atom stereocenters. The molecule has 4 rings (SSSR count). The van der Waals surface area contributed by atoms with Crippen LogP contribution in [0.15, 0.2) is 54.7 Å². The number of aryl methyl sites for hydroxylation is 2. The zero-order chi connectivity index (χ0) is 19.7. The van der Waals surface area contributed by atoms with Crippen molar-refractivity contribution in [3.05, 3.63) is 71.4 Å². The van der Waals surface area contributed by atoms with E-state index in [2.05, 4.69) is 92.3 Å². The average Bonchev–Trinajstić information content (AvgIpc) is 3.09. The minimum absolute atomic E-state index is 0.586. The van der Waals surface area contributed by atoms with Gasteiger partial charge < -0.3 is 4.90 Å². The second kappa shape index (κ2) is 7.90. The Morgan fingerprint density at radius 1 is 1.00 bits per heavy atom. The van der Waals surface area contributed by atoms with Crippen LogP contribution in [0, 0.1) is 13.8 Å². The monoisotopic (exact) mass is 374 g/mol. The topological polar surface area (TPSA) is 24.3 Å². The highest BCUT2D eigenvalue weighted by Gasteiger charge is 2.23. The van der Waals surface area contributed by atoms with E-state index in [9.17, 15) is 0 Å². The predicted octanol–water partition coefficient (Wildman–Crippen LogP) is 4.29. The summed E-state index contributed by atoms with van der Waals surface area (Å²) in [5.41, 5.74) is 7.22. The molecule has 1 unspecified atom stereocenters. The molecule has 3 aromatic rings. The number of piperazine rings is 1. The Morgan fingerprint density at radius 3 is 2.50 bits per heavy atom. The highest BCUT2D eigenvalue weighted by molar-refractivity contribution is 5.64. The lowest BCUT2D eigenvalue weighted by molar-refractivity contribution is 0.100. The molecule has 0 saturated carbocycles. The molecule has 1 aromatic heterocycles. The van der Waals surface area contributed by atoms with Crippen LogP contribution in [0.1, 0.15) is 23.6 Å². The van der Waals surface area contributed by atoms with Gasteiger partial charge in [-0.05, 0) is 46.0 Å². The van der Waals surface area contributed by atoms with Crippen LogP contribution in [0.5, 0.6) is 0 Å². The number of benzene rings is 2. The summed E-state index contributed by atoms with van der Waals surface area (Å²) in [5.74, 6) is 0. The summed E-state index contributed by atoms with van der Waals surface area (Å²) in [5, 5.41) is 5.00. The lowest BCUT2D eigenvalue weighted by Gasteiger charge is -2.37. The number of hydrogen-bond donors (Lipinski definition) is 0. The fourth-order valence-electron chi connectivity index (χ4n) is 3.90. The van der Waals surface area contributed by atoms with Crippen molar-refractivity contribution in [3.63, 3.8) is 0 Å². The normalized spacial score (nSPS) is 18.5. The van der Waals surface area contributed by atoms with Gasteiger partial charge in [0.1, 0.15) is 0 Å². The first-order chi connectivity index (χ1) is 13.5. The van der Waals surface area contributed by atoms with Crippen LogP contribution in [0.2, 0.25) is 0 Å². The van der Waals surface area contributed by atoms with Gasteiger partial charge in [0.25, 0.3) is 0 Å². The third-order valence-corrected chi connectivity index (χ3v) is 5.82. The first-order valence-corrected chi connectivity index (χ1v) is 10.1. The minimum Gasteiger partial charge on any atom is -0.301 e. The molecule has 28 heavy (non-hydrogen) atoms. The van der Waals surface area contributed by atoms with Crippen LogP contribution in [0.25, 0.3) is 16.9 Å². The molecule has 2 heterocycles. The van der Waals surface area contributed by atoms with Gasteiger partial charge in [-0.1, -0.05) is 41.5 Å². The molecule has 0 N–H and O–H groups in total. The third kappa shape index (κ3) is 4.03. The molecular weight excluding hydrogens is 344 g/mol. The van der Waals surface area contributed by atoms with Crippen LogP contribution < -0.4 is 0 Å². The molecule has 0 bridgehead atoms. The van der Waals surface area contributed by atoms with Crippen LogP contribution >= 0.6 is 0 Å². The molecule has 0 amide bonds. The summed E-state index contributed by atoms with van der Waals surface area (Å²) in [6, 6.07) is 17.8. The Kier molecular flexibility index (Phi) is 5.33. The second-order valence-electron chi connectivity index (χ2n) is 8.22. The Hall–Kier alpha value is -2.43. The molecule has 0 radical (unpaired) electrons. The lowest BCUT2D eigenvalue weighted by Crippen LogP contribution is -2.49. The Bertz CT molecular complexity index is 941. The fraction of sp³-hybridized carbons (Fsp3) is 0.375. The summed E-state index contributed by atoms with van der Waals surface area (Å²) in [4.78, 5) is 4.99. The zero-order valence-electron chi connectivity index (χ0n) is 17.4. The number of rotatable bonds is 4. The van der Waals surface area contributed by atoms with E-state index >= 15 is 0 Å². The smallest absolute Gasteiger partial charge is 0.0972 e. The van der Waals surface area contributed by atoms with Crippen LogP contribution in [-0.4, -0.2) is 52.3 Å². The number of hydrogen-bond acceptors (Lipinski definition) is 3. The van der Waals surface area contributed by atoms with E-state index in [4.69, 9.17) is 5.10 Å². The predicted molar refractivity (Wildman–Crippen MR) is 116 cm³/mol. The van der Waals surface area contributed by atoms with Gasteiger partial charge in [-0.2, -0.15) is 5.10 Å². The van der Waals surface area contributed by atoms with Crippen molar-refractivity contribution in [2.75, 3.05) is 26.7 Å². The molecule has 4 heteroatoms. The van der Waals surface area contributed by atoms with E-state index in [0.29, 0.717) is 6.04 Å². The van der Waals surface area contributed by atoms with Gasteiger partial charge >= 0.3 is 0 Å². The van der Waals surface area contributed by atoms with E-state index in [-0.39, 0.29) is 0 Å². The molecule has 146 valence electrons. The summed E-state index contributed by atoms with van der Waals surface area (Å²) in [6.45, 7) is 10.8. The van der Waals surface area contributed by atoms with Crippen LogP contribution in [0.3, 0.4) is 0 Å². The minimum atomic E-state index is 0.586. The van der Waals surface area contributed by atoms with Gasteiger partial charge in [-0.15, -0.1) is 0 Å². The molecule has 2 aromatic carbocycles. The van der Waals surface area contributed by atoms with Crippen molar-refractivity contribution >= 4 is 0 Å². The summed E-state index contributed by atoms with van der Waals surface area (Å²) >= 11 is 0. The molecule has 1 saturated heterocycles. The summed E-state index contributed by atoms with van der Waals surface area (Å²) in [6.07, 6.45) is 2.21. The molecule has 4 nitrogen and oxygen atoms in total. The highest BCUT2D eigenvalue weighted by Crippen LogP contribution is 2.26. The maximum Gasteiger partial charge on any atom is 0.0972 e. The van der Waals surface area contributed by atoms with E-state index < -0.39 is 0 Å². The SMILES string of the molecule is Cc1ccc(-n2cc(CN3CCN(C)C(C)C3)c(-c3cccc(C)c3)n2)cc1. The van der Waals surface area contributed by atoms with Gasteiger partial charge in [0.05, 0.1) is 11.4 Å². The molecule has 0 spiro atoms. The van der Waals surface area contributed by atoms with Gasteiger partial charge in [0.2, 0.25) is 0 Å². The van der Waals surface area contributed by atoms with Gasteiger partial charge in [-0.3, -0.25) is 4.90 Å². The van der Waals surface area contributed by atoms with Crippen molar-refractivity contribution in [2.24, 2.45) is 0 Å². The molecule has 1 aliphatic rings. The van der Waals surface area contributed by atoms with E-state index in [0.717, 1.165) is 37.6 Å². The maximum absolute atomic E-state index is 5.00. The quantitative estimate of drug-likeness (QED) is 0.681. The second-order valence-corrected chi connectivity index (χ2v) is 8.22. The van der Waals surface area contributed by atoms with Crippen LogP contribution in [-0.2, 0) is 6.54 Å². The highest BCUT2D eigenvalue weighted by atomic mass is 15.3. The van der Waals surface area contributed by atoms with Crippen molar-refractivity contribution < 1.29 is 0 Å². The summed E-state index contributed by atoms with van der Waals surface area (Å²) in [7, 11) is 2.22. The summed E-state index contributed by atoms with van der Waals surface area (Å²) < 4.78 is 2.03. The maximum atomic E-state index is 5.00. The fourth-order valence-corrected chi connectivity index (χ4v) is 3.90. The van der Waals surface area contributed by atoms with Gasteiger partial charge in [-0.25, -0.2) is 4.68 Å².